The number of thiophene rings is 1. The van der Waals surface area contributed by atoms with Crippen molar-refractivity contribution in [2.45, 2.75) is 58.2 Å². The largest absolute Gasteiger partial charge is 0.307 e. The van der Waals surface area contributed by atoms with E-state index in [0.717, 1.165) is 0 Å². The highest BCUT2D eigenvalue weighted by atomic mass is 32.1. The van der Waals surface area contributed by atoms with Crippen LogP contribution in [0.25, 0.3) is 0 Å². The number of nitrogens with zero attached hydrogens (tertiary/aromatic N) is 1. The lowest BCUT2D eigenvalue weighted by Crippen LogP contribution is -2.50. The molecule has 1 fully saturated rings. The standard InChI is InChI=1S/C15H26N2S/c1-12(13-7-10-18-11-13)16-14-5-8-17(9-6-14)15(2,3)4/h7,10-12,14,16H,5-6,8-9H2,1-4H3. The van der Waals surface area contributed by atoms with Gasteiger partial charge in [-0.15, -0.1) is 0 Å². The van der Waals surface area contributed by atoms with E-state index in [2.05, 4.69) is 54.7 Å². The summed E-state index contributed by atoms with van der Waals surface area (Å²) >= 11 is 1.79. The van der Waals surface area contributed by atoms with E-state index in [4.69, 9.17) is 0 Å². The van der Waals surface area contributed by atoms with Crippen molar-refractivity contribution in [1.82, 2.24) is 10.2 Å². The summed E-state index contributed by atoms with van der Waals surface area (Å²) < 4.78 is 0. The minimum absolute atomic E-state index is 0.323. The van der Waals surface area contributed by atoms with E-state index in [1.54, 1.807) is 11.3 Å². The first-order valence-electron chi connectivity index (χ1n) is 7.00. The number of piperidine rings is 1. The summed E-state index contributed by atoms with van der Waals surface area (Å²) in [4.78, 5) is 2.60. The molecule has 1 aliphatic rings. The molecule has 2 nitrogen and oxygen atoms in total. The van der Waals surface area contributed by atoms with Crippen LogP contribution in [-0.2, 0) is 0 Å². The lowest BCUT2D eigenvalue weighted by molar-refractivity contribution is 0.0942. The normalized spacial score (nSPS) is 21.1. The summed E-state index contributed by atoms with van der Waals surface area (Å²) in [5.74, 6) is 0. The molecule has 1 aliphatic heterocycles. The summed E-state index contributed by atoms with van der Waals surface area (Å²) in [6.45, 7) is 11.7. The van der Waals surface area contributed by atoms with E-state index >= 15 is 0 Å². The highest BCUT2D eigenvalue weighted by molar-refractivity contribution is 7.07. The molecule has 3 heteroatoms. The van der Waals surface area contributed by atoms with Crippen LogP contribution in [0.5, 0.6) is 0 Å². The third kappa shape index (κ3) is 3.56. The van der Waals surface area contributed by atoms with Gasteiger partial charge in [-0.25, -0.2) is 0 Å². The lowest BCUT2D eigenvalue weighted by atomic mass is 9.97. The minimum Gasteiger partial charge on any atom is -0.307 e. The molecule has 0 bridgehead atoms. The molecular weight excluding hydrogens is 240 g/mol. The molecule has 0 aliphatic carbocycles. The van der Waals surface area contributed by atoms with Crippen LogP contribution in [-0.4, -0.2) is 29.6 Å². The van der Waals surface area contributed by atoms with Gasteiger partial charge in [-0.05, 0) is 62.9 Å². The Morgan fingerprint density at radius 2 is 2.00 bits per heavy atom. The Bertz CT molecular complexity index is 345. The highest BCUT2D eigenvalue weighted by Crippen LogP contribution is 2.23. The smallest absolute Gasteiger partial charge is 0.0302 e. The maximum atomic E-state index is 3.77. The number of likely N-dealkylation sites (tertiary alicyclic amines) is 1. The second-order valence-corrected chi connectivity index (χ2v) is 7.16. The van der Waals surface area contributed by atoms with E-state index < -0.39 is 0 Å². The SMILES string of the molecule is CC(NC1CCN(C(C)(C)C)CC1)c1ccsc1. The lowest BCUT2D eigenvalue weighted by Gasteiger charge is -2.41. The molecule has 1 aromatic rings. The fourth-order valence-electron chi connectivity index (χ4n) is 2.69. The zero-order valence-electron chi connectivity index (χ0n) is 12.1. The average molecular weight is 266 g/mol. The van der Waals surface area contributed by atoms with E-state index in [0.29, 0.717) is 17.6 Å². The Morgan fingerprint density at radius 3 is 2.50 bits per heavy atom. The van der Waals surface area contributed by atoms with Crippen LogP contribution in [0.4, 0.5) is 0 Å². The molecule has 0 aromatic carbocycles. The quantitative estimate of drug-likeness (QED) is 0.898. The Hall–Kier alpha value is -0.380. The molecule has 102 valence electrons. The van der Waals surface area contributed by atoms with E-state index in [-0.39, 0.29) is 0 Å². The van der Waals surface area contributed by atoms with Crippen LogP contribution >= 0.6 is 11.3 Å². The molecule has 0 spiro atoms. The van der Waals surface area contributed by atoms with Gasteiger partial charge in [0.2, 0.25) is 0 Å². The van der Waals surface area contributed by atoms with Gasteiger partial charge in [0, 0.05) is 30.7 Å². The fourth-order valence-corrected chi connectivity index (χ4v) is 3.44. The summed E-state index contributed by atoms with van der Waals surface area (Å²) in [7, 11) is 0. The third-order valence-corrected chi connectivity index (χ3v) is 4.67. The molecule has 1 unspecified atom stereocenters. The van der Waals surface area contributed by atoms with Gasteiger partial charge in [-0.3, -0.25) is 4.90 Å². The number of rotatable bonds is 3. The van der Waals surface area contributed by atoms with E-state index in [1.807, 2.05) is 0 Å². The topological polar surface area (TPSA) is 15.3 Å². The summed E-state index contributed by atoms with van der Waals surface area (Å²) in [5.41, 5.74) is 1.75. The molecule has 18 heavy (non-hydrogen) atoms. The van der Waals surface area contributed by atoms with Gasteiger partial charge < -0.3 is 5.32 Å². The molecule has 0 saturated carbocycles. The Balaban J connectivity index is 1.80. The fraction of sp³-hybridized carbons (Fsp3) is 0.733. The van der Waals surface area contributed by atoms with Crippen molar-refractivity contribution in [3.8, 4) is 0 Å². The van der Waals surface area contributed by atoms with Gasteiger partial charge >= 0.3 is 0 Å². The maximum absolute atomic E-state index is 3.77. The average Bonchev–Trinajstić information content (AvgIpc) is 2.82. The number of hydrogen-bond acceptors (Lipinski definition) is 3. The van der Waals surface area contributed by atoms with Crippen molar-refractivity contribution in [1.29, 1.82) is 0 Å². The van der Waals surface area contributed by atoms with Crippen LogP contribution in [0.15, 0.2) is 16.8 Å². The van der Waals surface area contributed by atoms with Gasteiger partial charge in [-0.2, -0.15) is 11.3 Å². The van der Waals surface area contributed by atoms with Gasteiger partial charge in [-0.1, -0.05) is 0 Å². The van der Waals surface area contributed by atoms with Crippen LogP contribution in [0.3, 0.4) is 0 Å². The third-order valence-electron chi connectivity index (χ3n) is 3.97. The zero-order chi connectivity index (χ0) is 13.2. The number of nitrogens with one attached hydrogen (secondary N) is 1. The van der Waals surface area contributed by atoms with Crippen molar-refractivity contribution in [3.05, 3.63) is 22.4 Å². The Morgan fingerprint density at radius 1 is 1.33 bits per heavy atom. The molecule has 2 rings (SSSR count). The molecule has 2 heterocycles. The molecule has 1 saturated heterocycles. The highest BCUT2D eigenvalue weighted by Gasteiger charge is 2.27. The summed E-state index contributed by atoms with van der Waals surface area (Å²) in [6, 6.07) is 3.40. The predicted molar refractivity (Wildman–Crippen MR) is 80.2 cm³/mol. The van der Waals surface area contributed by atoms with Crippen LogP contribution in [0.1, 0.15) is 52.1 Å². The second-order valence-electron chi connectivity index (χ2n) is 6.38. The van der Waals surface area contributed by atoms with Gasteiger partial charge in [0.1, 0.15) is 0 Å². The number of hydrogen-bond donors (Lipinski definition) is 1. The first kappa shape index (κ1) is 14.0. The molecule has 1 atom stereocenters. The first-order chi connectivity index (χ1) is 8.47. The van der Waals surface area contributed by atoms with E-state index in [1.165, 1.54) is 31.5 Å². The molecule has 1 N–H and O–H groups in total. The Labute approximate surface area is 115 Å². The van der Waals surface area contributed by atoms with Crippen molar-refractivity contribution >= 4 is 11.3 Å². The van der Waals surface area contributed by atoms with Crippen LogP contribution < -0.4 is 5.32 Å². The monoisotopic (exact) mass is 266 g/mol. The minimum atomic E-state index is 0.323. The molecular formula is C15H26N2S. The van der Waals surface area contributed by atoms with Crippen molar-refractivity contribution in [3.63, 3.8) is 0 Å². The van der Waals surface area contributed by atoms with Gasteiger partial charge in [0.15, 0.2) is 0 Å². The first-order valence-corrected chi connectivity index (χ1v) is 7.94. The summed E-state index contributed by atoms with van der Waals surface area (Å²) in [5, 5.41) is 8.19. The van der Waals surface area contributed by atoms with E-state index in [9.17, 15) is 0 Å². The van der Waals surface area contributed by atoms with Crippen LogP contribution in [0, 0.1) is 0 Å². The van der Waals surface area contributed by atoms with Crippen LogP contribution in [0.2, 0.25) is 0 Å². The molecule has 0 radical (unpaired) electrons. The second kappa shape index (κ2) is 5.72. The van der Waals surface area contributed by atoms with Crippen molar-refractivity contribution in [2.75, 3.05) is 13.1 Å². The maximum Gasteiger partial charge on any atom is 0.0302 e. The van der Waals surface area contributed by atoms with Gasteiger partial charge in [0.05, 0.1) is 0 Å². The van der Waals surface area contributed by atoms with Crippen molar-refractivity contribution in [2.24, 2.45) is 0 Å². The summed E-state index contributed by atoms with van der Waals surface area (Å²) in [6.07, 6.45) is 2.54. The zero-order valence-corrected chi connectivity index (χ0v) is 12.9. The predicted octanol–water partition coefficient (Wildman–Crippen LogP) is 3.66. The Kier molecular flexibility index (Phi) is 4.46. The van der Waals surface area contributed by atoms with Gasteiger partial charge in [0.25, 0.3) is 0 Å². The molecule has 0 amide bonds. The molecule has 1 aromatic heterocycles. The van der Waals surface area contributed by atoms with Crippen molar-refractivity contribution < 1.29 is 0 Å².